The summed E-state index contributed by atoms with van der Waals surface area (Å²) >= 11 is 0. The average Bonchev–Trinajstić information content (AvgIpc) is 2.28. The molecule has 1 aliphatic rings. The number of hydrogen-bond acceptors (Lipinski definition) is 3. The van der Waals surface area contributed by atoms with E-state index in [1.54, 1.807) is 0 Å². The second-order valence-electron chi connectivity index (χ2n) is 4.42. The first-order valence-electron chi connectivity index (χ1n) is 6.09. The van der Waals surface area contributed by atoms with Gasteiger partial charge in [-0.25, -0.2) is 0 Å². The molecule has 1 rings (SSSR count). The monoisotopic (exact) mass is 304 g/mol. The molecule has 0 unspecified atom stereocenters. The molecule has 0 radical (unpaired) electrons. The Kier molecular flexibility index (Phi) is 9.12. The van der Waals surface area contributed by atoms with Gasteiger partial charge in [-0.1, -0.05) is 0 Å². The van der Waals surface area contributed by atoms with Gasteiger partial charge in [-0.05, 0) is 31.8 Å². The van der Waals surface area contributed by atoms with E-state index in [-0.39, 0.29) is 31.5 Å². The highest BCUT2D eigenvalue weighted by Gasteiger charge is 2.27. The first-order chi connectivity index (χ1) is 8.47. The number of halogens is 4. The van der Waals surface area contributed by atoms with Crippen molar-refractivity contribution in [3.63, 3.8) is 0 Å². The van der Waals surface area contributed by atoms with E-state index < -0.39 is 12.8 Å². The van der Waals surface area contributed by atoms with Crippen molar-refractivity contribution < 1.29 is 22.7 Å². The van der Waals surface area contributed by atoms with Gasteiger partial charge >= 0.3 is 6.18 Å². The molecule has 1 fully saturated rings. The summed E-state index contributed by atoms with van der Waals surface area (Å²) in [6.07, 6.45) is -1.92. The zero-order chi connectivity index (χ0) is 13.4. The highest BCUT2D eigenvalue weighted by atomic mass is 35.5. The molecule has 1 heterocycles. The largest absolute Gasteiger partial charge is 0.411 e. The van der Waals surface area contributed by atoms with E-state index in [1.807, 2.05) is 0 Å². The summed E-state index contributed by atoms with van der Waals surface area (Å²) in [5, 5.41) is 5.77. The first kappa shape index (κ1) is 18.5. The minimum absolute atomic E-state index is 0. The van der Waals surface area contributed by atoms with E-state index in [0.29, 0.717) is 12.3 Å². The highest BCUT2D eigenvalue weighted by Crippen LogP contribution is 2.15. The zero-order valence-electron chi connectivity index (χ0n) is 10.6. The smallest absolute Gasteiger partial charge is 0.370 e. The van der Waals surface area contributed by atoms with E-state index in [2.05, 4.69) is 15.4 Å². The van der Waals surface area contributed by atoms with E-state index in [4.69, 9.17) is 0 Å². The quantitative estimate of drug-likeness (QED) is 0.731. The molecule has 4 nitrogen and oxygen atoms in total. The van der Waals surface area contributed by atoms with Crippen LogP contribution < -0.4 is 10.6 Å². The van der Waals surface area contributed by atoms with Gasteiger partial charge in [-0.2, -0.15) is 13.2 Å². The van der Waals surface area contributed by atoms with Crippen LogP contribution in [-0.4, -0.2) is 44.9 Å². The predicted octanol–water partition coefficient (Wildman–Crippen LogP) is 1.49. The van der Waals surface area contributed by atoms with Crippen molar-refractivity contribution in [1.29, 1.82) is 0 Å². The van der Waals surface area contributed by atoms with Crippen LogP contribution in [0, 0.1) is 5.92 Å². The maximum Gasteiger partial charge on any atom is 0.411 e. The molecule has 8 heteroatoms. The van der Waals surface area contributed by atoms with Gasteiger partial charge in [-0.15, -0.1) is 12.4 Å². The molecule has 0 aromatic rings. The predicted molar refractivity (Wildman–Crippen MR) is 67.3 cm³/mol. The summed E-state index contributed by atoms with van der Waals surface area (Å²) in [4.78, 5) is 11.5. The molecule has 1 aliphatic heterocycles. The number of nitrogens with one attached hydrogen (secondary N) is 2. The standard InChI is InChI=1S/C11H19F3N2O2.ClH/c12-11(13,14)8-18-6-5-16-10(17)7-9-1-3-15-4-2-9;/h9,15H,1-8H2,(H,16,17);1H. The molecule has 2 N–H and O–H groups in total. The second kappa shape index (κ2) is 9.39. The maximum atomic E-state index is 11.7. The Bertz CT molecular complexity index is 259. The van der Waals surface area contributed by atoms with E-state index in [9.17, 15) is 18.0 Å². The van der Waals surface area contributed by atoms with Crippen molar-refractivity contribution in [2.24, 2.45) is 5.92 Å². The van der Waals surface area contributed by atoms with Crippen LogP contribution in [0.4, 0.5) is 13.2 Å². The van der Waals surface area contributed by atoms with Crippen LogP contribution in [0.25, 0.3) is 0 Å². The van der Waals surface area contributed by atoms with Crippen LogP contribution in [0.15, 0.2) is 0 Å². The van der Waals surface area contributed by atoms with Gasteiger partial charge in [0.1, 0.15) is 6.61 Å². The lowest BCUT2D eigenvalue weighted by Crippen LogP contribution is -2.33. The number of rotatable bonds is 6. The van der Waals surface area contributed by atoms with Crippen LogP contribution in [0.1, 0.15) is 19.3 Å². The molecular weight excluding hydrogens is 285 g/mol. The zero-order valence-corrected chi connectivity index (χ0v) is 11.4. The molecule has 0 spiro atoms. The summed E-state index contributed by atoms with van der Waals surface area (Å²) in [5.74, 6) is 0.264. The van der Waals surface area contributed by atoms with Crippen molar-refractivity contribution in [1.82, 2.24) is 10.6 Å². The second-order valence-corrected chi connectivity index (χ2v) is 4.42. The van der Waals surface area contributed by atoms with Gasteiger partial charge < -0.3 is 15.4 Å². The third-order valence-corrected chi connectivity index (χ3v) is 2.77. The fourth-order valence-corrected chi connectivity index (χ4v) is 1.87. The molecule has 0 aliphatic carbocycles. The molecule has 0 atom stereocenters. The number of carbonyl (C=O) groups excluding carboxylic acids is 1. The summed E-state index contributed by atoms with van der Waals surface area (Å²) in [7, 11) is 0. The molecule has 1 saturated heterocycles. The van der Waals surface area contributed by atoms with Crippen molar-refractivity contribution >= 4 is 18.3 Å². The van der Waals surface area contributed by atoms with Gasteiger partial charge in [0.05, 0.1) is 6.61 Å². The highest BCUT2D eigenvalue weighted by molar-refractivity contribution is 5.85. The summed E-state index contributed by atoms with van der Waals surface area (Å²) < 4.78 is 39.6. The molecule has 0 aromatic carbocycles. The SMILES string of the molecule is Cl.O=C(CC1CCNCC1)NCCOCC(F)(F)F. The Hall–Kier alpha value is -0.530. The number of hydrogen-bond donors (Lipinski definition) is 2. The van der Waals surface area contributed by atoms with Crippen molar-refractivity contribution in [3.8, 4) is 0 Å². The Labute approximate surface area is 116 Å². The Balaban J connectivity index is 0.00000324. The number of alkyl halides is 3. The Morgan fingerprint density at radius 1 is 1.32 bits per heavy atom. The third kappa shape index (κ3) is 9.98. The maximum absolute atomic E-state index is 11.7. The summed E-state index contributed by atoms with van der Waals surface area (Å²) in [6, 6.07) is 0. The average molecular weight is 305 g/mol. The van der Waals surface area contributed by atoms with Crippen LogP contribution in [0.5, 0.6) is 0 Å². The normalized spacial score (nSPS) is 16.8. The Morgan fingerprint density at radius 2 is 1.95 bits per heavy atom. The van der Waals surface area contributed by atoms with E-state index in [0.717, 1.165) is 25.9 Å². The fraction of sp³-hybridized carbons (Fsp3) is 0.909. The number of carbonyl (C=O) groups is 1. The summed E-state index contributed by atoms with van der Waals surface area (Å²) in [5.41, 5.74) is 0. The minimum atomic E-state index is -4.31. The molecule has 0 bridgehead atoms. The molecular formula is C11H20ClF3N2O2. The van der Waals surface area contributed by atoms with Crippen molar-refractivity contribution in [2.75, 3.05) is 32.8 Å². The van der Waals surface area contributed by atoms with Crippen LogP contribution in [-0.2, 0) is 9.53 Å². The number of ether oxygens (including phenoxy) is 1. The van der Waals surface area contributed by atoms with E-state index >= 15 is 0 Å². The Morgan fingerprint density at radius 3 is 2.53 bits per heavy atom. The molecule has 0 aromatic heterocycles. The minimum Gasteiger partial charge on any atom is -0.370 e. The topological polar surface area (TPSA) is 50.4 Å². The van der Waals surface area contributed by atoms with Gasteiger partial charge in [0.25, 0.3) is 0 Å². The lowest BCUT2D eigenvalue weighted by Gasteiger charge is -2.21. The fourth-order valence-electron chi connectivity index (χ4n) is 1.87. The van der Waals surface area contributed by atoms with Gasteiger partial charge in [0.2, 0.25) is 5.91 Å². The van der Waals surface area contributed by atoms with Crippen LogP contribution in [0.3, 0.4) is 0 Å². The summed E-state index contributed by atoms with van der Waals surface area (Å²) in [6.45, 7) is 0.591. The van der Waals surface area contributed by atoms with Gasteiger partial charge in [0.15, 0.2) is 0 Å². The van der Waals surface area contributed by atoms with Gasteiger partial charge in [-0.3, -0.25) is 4.79 Å². The van der Waals surface area contributed by atoms with Gasteiger partial charge in [0, 0.05) is 13.0 Å². The van der Waals surface area contributed by atoms with Crippen LogP contribution in [0.2, 0.25) is 0 Å². The molecule has 114 valence electrons. The molecule has 19 heavy (non-hydrogen) atoms. The van der Waals surface area contributed by atoms with E-state index in [1.165, 1.54) is 0 Å². The first-order valence-corrected chi connectivity index (χ1v) is 6.09. The lowest BCUT2D eigenvalue weighted by atomic mass is 9.94. The number of amides is 1. The van der Waals surface area contributed by atoms with Crippen molar-refractivity contribution in [2.45, 2.75) is 25.4 Å². The molecule has 1 amide bonds. The molecule has 0 saturated carbocycles. The third-order valence-electron chi connectivity index (χ3n) is 2.77. The van der Waals surface area contributed by atoms with Crippen molar-refractivity contribution in [3.05, 3.63) is 0 Å². The van der Waals surface area contributed by atoms with Crippen LogP contribution >= 0.6 is 12.4 Å². The lowest BCUT2D eigenvalue weighted by molar-refractivity contribution is -0.173. The number of piperidine rings is 1.